The van der Waals surface area contributed by atoms with Crippen LogP contribution in [0.1, 0.15) is 19.2 Å². The number of hydrogen-bond donors (Lipinski definition) is 1. The summed E-state index contributed by atoms with van der Waals surface area (Å²) < 4.78 is 5.18. The number of hydrogen-bond acceptors (Lipinski definition) is 6. The molecule has 1 unspecified atom stereocenters. The van der Waals surface area contributed by atoms with Crippen LogP contribution in [0.3, 0.4) is 0 Å². The van der Waals surface area contributed by atoms with Gasteiger partial charge >= 0.3 is 0 Å². The average Bonchev–Trinajstić information content (AvgIpc) is 2.85. The van der Waals surface area contributed by atoms with Gasteiger partial charge in [-0.25, -0.2) is 9.97 Å². The Morgan fingerprint density at radius 1 is 1.47 bits per heavy atom. The van der Waals surface area contributed by atoms with Crippen LogP contribution >= 0.6 is 0 Å². The van der Waals surface area contributed by atoms with Crippen LogP contribution in [0.2, 0.25) is 0 Å². The lowest BCUT2D eigenvalue weighted by Crippen LogP contribution is -2.15. The molecule has 0 aliphatic carbocycles. The van der Waals surface area contributed by atoms with Crippen molar-refractivity contribution < 1.29 is 4.52 Å². The normalized spacial score (nSPS) is 12.6. The van der Waals surface area contributed by atoms with Crippen LogP contribution in [0.5, 0.6) is 0 Å². The zero-order chi connectivity index (χ0) is 12.1. The zero-order valence-corrected chi connectivity index (χ0v) is 9.71. The minimum absolute atomic E-state index is 0.383. The minimum atomic E-state index is 0.383. The maximum Gasteiger partial charge on any atom is 0.227 e. The van der Waals surface area contributed by atoms with Crippen molar-refractivity contribution >= 4 is 0 Å². The van der Waals surface area contributed by atoms with Gasteiger partial charge in [-0.05, 0) is 18.5 Å². The maximum atomic E-state index is 5.64. The monoisotopic (exact) mass is 233 g/mol. The Bertz CT molecular complexity index is 452. The standard InChI is InChI=1S/C11H15N5O/c1-2-8(6-12)5-10-15-11(16-17-10)9-3-4-13-7-14-9/h3-4,7-8H,2,5-6,12H2,1H3. The van der Waals surface area contributed by atoms with Crippen molar-refractivity contribution in [1.82, 2.24) is 20.1 Å². The van der Waals surface area contributed by atoms with Gasteiger partial charge in [0.1, 0.15) is 12.0 Å². The van der Waals surface area contributed by atoms with Crippen LogP contribution in [0.15, 0.2) is 23.1 Å². The van der Waals surface area contributed by atoms with E-state index in [1.54, 1.807) is 12.3 Å². The minimum Gasteiger partial charge on any atom is -0.339 e. The molecule has 0 radical (unpaired) electrons. The Labute approximate surface area is 99.3 Å². The van der Waals surface area contributed by atoms with Crippen LogP contribution in [-0.4, -0.2) is 26.7 Å². The van der Waals surface area contributed by atoms with Gasteiger partial charge in [0, 0.05) is 12.6 Å². The first-order valence-corrected chi connectivity index (χ1v) is 5.62. The van der Waals surface area contributed by atoms with E-state index in [0.717, 1.165) is 6.42 Å². The Morgan fingerprint density at radius 2 is 2.35 bits per heavy atom. The largest absolute Gasteiger partial charge is 0.339 e. The van der Waals surface area contributed by atoms with Crippen molar-refractivity contribution in [3.05, 3.63) is 24.5 Å². The molecule has 0 saturated heterocycles. The maximum absolute atomic E-state index is 5.64. The van der Waals surface area contributed by atoms with E-state index in [-0.39, 0.29) is 0 Å². The molecule has 90 valence electrons. The van der Waals surface area contributed by atoms with Gasteiger partial charge in [0.15, 0.2) is 0 Å². The van der Waals surface area contributed by atoms with Crippen molar-refractivity contribution in [2.24, 2.45) is 11.7 Å². The molecule has 0 aliphatic heterocycles. The molecule has 2 aromatic heterocycles. The second-order valence-electron chi connectivity index (χ2n) is 3.82. The second kappa shape index (κ2) is 5.49. The molecule has 17 heavy (non-hydrogen) atoms. The van der Waals surface area contributed by atoms with E-state index >= 15 is 0 Å². The molecule has 0 fully saturated rings. The summed E-state index contributed by atoms with van der Waals surface area (Å²) in [4.78, 5) is 12.2. The van der Waals surface area contributed by atoms with E-state index in [4.69, 9.17) is 10.3 Å². The summed E-state index contributed by atoms with van der Waals surface area (Å²) in [5, 5.41) is 3.89. The Balaban J connectivity index is 2.11. The van der Waals surface area contributed by atoms with Crippen LogP contribution < -0.4 is 5.73 Å². The SMILES string of the molecule is CCC(CN)Cc1nc(-c2ccncn2)no1. The van der Waals surface area contributed by atoms with E-state index in [9.17, 15) is 0 Å². The highest BCUT2D eigenvalue weighted by Crippen LogP contribution is 2.14. The van der Waals surface area contributed by atoms with Crippen molar-refractivity contribution in [2.45, 2.75) is 19.8 Å². The first-order chi connectivity index (χ1) is 8.33. The molecular weight excluding hydrogens is 218 g/mol. The Kier molecular flexibility index (Phi) is 3.77. The predicted octanol–water partition coefficient (Wildman–Crippen LogP) is 1.05. The number of rotatable bonds is 5. The van der Waals surface area contributed by atoms with E-state index in [0.29, 0.717) is 36.3 Å². The predicted molar refractivity (Wildman–Crippen MR) is 61.9 cm³/mol. The van der Waals surface area contributed by atoms with Gasteiger partial charge in [-0.15, -0.1) is 0 Å². The van der Waals surface area contributed by atoms with Crippen molar-refractivity contribution in [2.75, 3.05) is 6.54 Å². The third kappa shape index (κ3) is 2.85. The van der Waals surface area contributed by atoms with E-state index in [1.807, 2.05) is 0 Å². The molecule has 0 aromatic carbocycles. The summed E-state index contributed by atoms with van der Waals surface area (Å²) in [6, 6.07) is 1.74. The van der Waals surface area contributed by atoms with Gasteiger partial charge in [0.05, 0.1) is 0 Å². The molecule has 2 N–H and O–H groups in total. The topological polar surface area (TPSA) is 90.7 Å². The van der Waals surface area contributed by atoms with Gasteiger partial charge < -0.3 is 10.3 Å². The van der Waals surface area contributed by atoms with Gasteiger partial charge in [-0.2, -0.15) is 4.98 Å². The molecule has 2 rings (SSSR count). The summed E-state index contributed by atoms with van der Waals surface area (Å²) in [6.45, 7) is 2.72. The number of nitrogens with zero attached hydrogens (tertiary/aromatic N) is 4. The summed E-state index contributed by atoms with van der Waals surface area (Å²) in [6.07, 6.45) is 4.82. The van der Waals surface area contributed by atoms with Gasteiger partial charge in [0.25, 0.3) is 0 Å². The fraction of sp³-hybridized carbons (Fsp3) is 0.455. The summed E-state index contributed by atoms with van der Waals surface area (Å²) in [7, 11) is 0. The van der Waals surface area contributed by atoms with Crippen molar-refractivity contribution in [1.29, 1.82) is 0 Å². The molecule has 0 spiro atoms. The summed E-state index contributed by atoms with van der Waals surface area (Å²) in [5.41, 5.74) is 6.30. The number of nitrogens with two attached hydrogens (primary N) is 1. The molecule has 2 heterocycles. The molecule has 6 nitrogen and oxygen atoms in total. The van der Waals surface area contributed by atoms with Crippen LogP contribution in [-0.2, 0) is 6.42 Å². The average molecular weight is 233 g/mol. The molecule has 1 atom stereocenters. The van der Waals surface area contributed by atoms with Gasteiger partial charge in [0.2, 0.25) is 11.7 Å². The van der Waals surface area contributed by atoms with Crippen LogP contribution in [0.4, 0.5) is 0 Å². The third-order valence-corrected chi connectivity index (χ3v) is 2.65. The highest BCUT2D eigenvalue weighted by molar-refractivity contribution is 5.46. The lowest BCUT2D eigenvalue weighted by atomic mass is 10.0. The first kappa shape index (κ1) is 11.7. The fourth-order valence-corrected chi connectivity index (χ4v) is 1.51. The van der Waals surface area contributed by atoms with Crippen molar-refractivity contribution in [3.8, 4) is 11.5 Å². The van der Waals surface area contributed by atoms with Crippen LogP contribution in [0.25, 0.3) is 11.5 Å². The summed E-state index contributed by atoms with van der Waals surface area (Å²) >= 11 is 0. The fourth-order valence-electron chi connectivity index (χ4n) is 1.51. The molecule has 6 heteroatoms. The smallest absolute Gasteiger partial charge is 0.227 e. The highest BCUT2D eigenvalue weighted by atomic mass is 16.5. The number of aromatic nitrogens is 4. The third-order valence-electron chi connectivity index (χ3n) is 2.65. The quantitative estimate of drug-likeness (QED) is 0.830. The second-order valence-corrected chi connectivity index (χ2v) is 3.82. The molecule has 0 aliphatic rings. The highest BCUT2D eigenvalue weighted by Gasteiger charge is 2.13. The Hall–Kier alpha value is -1.82. The lowest BCUT2D eigenvalue weighted by molar-refractivity contribution is 0.350. The molecule has 0 amide bonds. The molecule has 0 bridgehead atoms. The molecule has 0 saturated carbocycles. The molecular formula is C11H15N5O. The first-order valence-electron chi connectivity index (χ1n) is 5.62. The lowest BCUT2D eigenvalue weighted by Gasteiger charge is -2.07. The van der Waals surface area contributed by atoms with E-state index in [2.05, 4.69) is 27.0 Å². The van der Waals surface area contributed by atoms with E-state index in [1.165, 1.54) is 6.33 Å². The van der Waals surface area contributed by atoms with Gasteiger partial charge in [-0.3, -0.25) is 0 Å². The molecule has 2 aromatic rings. The van der Waals surface area contributed by atoms with Crippen LogP contribution in [0, 0.1) is 5.92 Å². The van der Waals surface area contributed by atoms with Crippen molar-refractivity contribution in [3.63, 3.8) is 0 Å². The zero-order valence-electron chi connectivity index (χ0n) is 9.71. The summed E-state index contributed by atoms with van der Waals surface area (Å²) in [5.74, 6) is 1.49. The van der Waals surface area contributed by atoms with E-state index < -0.39 is 0 Å². The van der Waals surface area contributed by atoms with Gasteiger partial charge in [-0.1, -0.05) is 18.5 Å². The Morgan fingerprint density at radius 3 is 3.00 bits per heavy atom.